The van der Waals surface area contributed by atoms with Gasteiger partial charge in [-0.15, -0.1) is 0 Å². The molecule has 1 unspecified atom stereocenters. The number of rotatable bonds is 4. The van der Waals surface area contributed by atoms with Crippen LogP contribution in [-0.2, 0) is 0 Å². The molecule has 0 bridgehead atoms. The fourth-order valence-corrected chi connectivity index (χ4v) is 1.58. The summed E-state index contributed by atoms with van der Waals surface area (Å²) in [7, 11) is 0. The highest BCUT2D eigenvalue weighted by atomic mass is 19.1. The number of anilines is 1. The quantitative estimate of drug-likeness (QED) is 0.794. The van der Waals surface area contributed by atoms with Gasteiger partial charge >= 0.3 is 6.01 Å². The Morgan fingerprint density at radius 2 is 2.56 bits per heavy atom. The molecule has 88 valence electrons. The van der Waals surface area contributed by atoms with E-state index in [1.807, 2.05) is 6.92 Å². The summed E-state index contributed by atoms with van der Waals surface area (Å²) < 4.78 is 18.7. The van der Waals surface area contributed by atoms with E-state index in [1.165, 1.54) is 0 Å². The SMILES string of the molecule is CCNc1nc(OC2CCNC2)ncc1F. The average Bonchev–Trinajstić information content (AvgIpc) is 2.76. The topological polar surface area (TPSA) is 59.1 Å². The molecule has 5 nitrogen and oxygen atoms in total. The molecule has 2 N–H and O–H groups in total. The molecule has 0 spiro atoms. The predicted octanol–water partition coefficient (Wildman–Crippen LogP) is 0.788. The Kier molecular flexibility index (Phi) is 3.51. The Labute approximate surface area is 93.4 Å². The average molecular weight is 226 g/mol. The highest BCUT2D eigenvalue weighted by Crippen LogP contribution is 2.15. The third kappa shape index (κ3) is 2.57. The number of nitrogens with zero attached hydrogens (tertiary/aromatic N) is 2. The summed E-state index contributed by atoms with van der Waals surface area (Å²) in [5.41, 5.74) is 0. The summed E-state index contributed by atoms with van der Waals surface area (Å²) in [4.78, 5) is 7.79. The molecule has 1 aliphatic heterocycles. The maximum Gasteiger partial charge on any atom is 0.318 e. The molecule has 1 saturated heterocycles. The van der Waals surface area contributed by atoms with Gasteiger partial charge in [0.05, 0.1) is 6.20 Å². The first kappa shape index (κ1) is 11.1. The summed E-state index contributed by atoms with van der Waals surface area (Å²) in [5.74, 6) is -0.266. The van der Waals surface area contributed by atoms with Crippen molar-refractivity contribution in [3.05, 3.63) is 12.0 Å². The Bertz CT molecular complexity index is 355. The van der Waals surface area contributed by atoms with Crippen molar-refractivity contribution < 1.29 is 9.13 Å². The van der Waals surface area contributed by atoms with Crippen molar-refractivity contribution in [3.63, 3.8) is 0 Å². The predicted molar refractivity (Wildman–Crippen MR) is 58.1 cm³/mol. The van der Waals surface area contributed by atoms with Crippen molar-refractivity contribution >= 4 is 5.82 Å². The molecule has 2 rings (SSSR count). The molecule has 16 heavy (non-hydrogen) atoms. The lowest BCUT2D eigenvalue weighted by molar-refractivity contribution is 0.204. The van der Waals surface area contributed by atoms with E-state index in [9.17, 15) is 4.39 Å². The second kappa shape index (κ2) is 5.07. The summed E-state index contributed by atoms with van der Waals surface area (Å²) in [5, 5.41) is 5.99. The molecule has 2 heterocycles. The minimum atomic E-state index is -0.459. The lowest BCUT2D eigenvalue weighted by Crippen LogP contribution is -2.21. The molecular formula is C10H15FN4O. The Morgan fingerprint density at radius 1 is 1.69 bits per heavy atom. The number of aromatic nitrogens is 2. The standard InChI is InChI=1S/C10H15FN4O/c1-2-13-9-8(11)6-14-10(15-9)16-7-3-4-12-5-7/h6-7,12H,2-5H2,1H3,(H,13,14,15). The molecule has 1 aliphatic rings. The maximum atomic E-state index is 13.2. The molecule has 0 radical (unpaired) electrons. The second-order valence-electron chi connectivity index (χ2n) is 3.61. The van der Waals surface area contributed by atoms with E-state index in [1.54, 1.807) is 0 Å². The van der Waals surface area contributed by atoms with E-state index in [2.05, 4.69) is 20.6 Å². The monoisotopic (exact) mass is 226 g/mol. The van der Waals surface area contributed by atoms with Gasteiger partial charge in [-0.25, -0.2) is 9.37 Å². The van der Waals surface area contributed by atoms with Crippen LogP contribution in [0.3, 0.4) is 0 Å². The van der Waals surface area contributed by atoms with Crippen LogP contribution in [0.1, 0.15) is 13.3 Å². The highest BCUT2D eigenvalue weighted by molar-refractivity contribution is 5.35. The van der Waals surface area contributed by atoms with E-state index in [0.717, 1.165) is 25.7 Å². The number of halogens is 1. The van der Waals surface area contributed by atoms with Gasteiger partial charge in [0.2, 0.25) is 0 Å². The normalized spacial score (nSPS) is 19.8. The van der Waals surface area contributed by atoms with Gasteiger partial charge in [-0.1, -0.05) is 0 Å². The second-order valence-corrected chi connectivity index (χ2v) is 3.61. The van der Waals surface area contributed by atoms with Crippen molar-refractivity contribution in [1.82, 2.24) is 15.3 Å². The van der Waals surface area contributed by atoms with Gasteiger partial charge in [0.25, 0.3) is 0 Å². The number of ether oxygens (including phenoxy) is 1. The minimum absolute atomic E-state index is 0.0833. The van der Waals surface area contributed by atoms with E-state index in [-0.39, 0.29) is 17.9 Å². The van der Waals surface area contributed by atoms with Crippen molar-refractivity contribution in [3.8, 4) is 6.01 Å². The fourth-order valence-electron chi connectivity index (χ4n) is 1.58. The Hall–Kier alpha value is -1.43. The smallest absolute Gasteiger partial charge is 0.318 e. The fraction of sp³-hybridized carbons (Fsp3) is 0.600. The van der Waals surface area contributed by atoms with Crippen LogP contribution in [-0.4, -0.2) is 35.7 Å². The van der Waals surface area contributed by atoms with Crippen LogP contribution in [0.4, 0.5) is 10.2 Å². The van der Waals surface area contributed by atoms with Gasteiger partial charge in [-0.2, -0.15) is 4.98 Å². The van der Waals surface area contributed by atoms with E-state index in [4.69, 9.17) is 4.74 Å². The van der Waals surface area contributed by atoms with Crippen LogP contribution in [0, 0.1) is 5.82 Å². The van der Waals surface area contributed by atoms with Gasteiger partial charge in [0.1, 0.15) is 6.10 Å². The molecule has 0 aromatic carbocycles. The third-order valence-electron chi connectivity index (χ3n) is 2.35. The zero-order valence-corrected chi connectivity index (χ0v) is 9.16. The Balaban J connectivity index is 2.05. The maximum absolute atomic E-state index is 13.2. The molecule has 0 aliphatic carbocycles. The van der Waals surface area contributed by atoms with Crippen molar-refractivity contribution in [2.75, 3.05) is 25.0 Å². The minimum Gasteiger partial charge on any atom is -0.459 e. The summed E-state index contributed by atoms with van der Waals surface area (Å²) in [6.07, 6.45) is 2.14. The lowest BCUT2D eigenvalue weighted by atomic mass is 10.3. The first-order valence-electron chi connectivity index (χ1n) is 5.43. The largest absolute Gasteiger partial charge is 0.459 e. The molecule has 6 heteroatoms. The first-order chi connectivity index (χ1) is 7.79. The summed E-state index contributed by atoms with van der Waals surface area (Å²) >= 11 is 0. The van der Waals surface area contributed by atoms with Crippen LogP contribution in [0.25, 0.3) is 0 Å². The van der Waals surface area contributed by atoms with Gasteiger partial charge in [0, 0.05) is 13.1 Å². The number of hydrogen-bond donors (Lipinski definition) is 2. The van der Waals surface area contributed by atoms with Gasteiger partial charge in [0.15, 0.2) is 11.6 Å². The van der Waals surface area contributed by atoms with Crippen LogP contribution < -0.4 is 15.4 Å². The van der Waals surface area contributed by atoms with E-state index in [0.29, 0.717) is 6.54 Å². The Morgan fingerprint density at radius 3 is 3.25 bits per heavy atom. The van der Waals surface area contributed by atoms with Crippen molar-refractivity contribution in [2.45, 2.75) is 19.4 Å². The summed E-state index contributed by atoms with van der Waals surface area (Å²) in [6.45, 7) is 4.21. The van der Waals surface area contributed by atoms with Gasteiger partial charge in [-0.3, -0.25) is 0 Å². The van der Waals surface area contributed by atoms with Gasteiger partial charge in [-0.05, 0) is 19.9 Å². The molecule has 1 aromatic heterocycles. The molecular weight excluding hydrogens is 211 g/mol. The molecule has 1 aromatic rings. The van der Waals surface area contributed by atoms with Gasteiger partial charge < -0.3 is 15.4 Å². The first-order valence-corrected chi connectivity index (χ1v) is 5.43. The van der Waals surface area contributed by atoms with Crippen molar-refractivity contribution in [2.24, 2.45) is 0 Å². The zero-order chi connectivity index (χ0) is 11.4. The van der Waals surface area contributed by atoms with Crippen LogP contribution in [0.15, 0.2) is 6.20 Å². The van der Waals surface area contributed by atoms with E-state index < -0.39 is 5.82 Å². The third-order valence-corrected chi connectivity index (χ3v) is 2.35. The van der Waals surface area contributed by atoms with Crippen LogP contribution in [0.5, 0.6) is 6.01 Å². The molecule has 0 amide bonds. The lowest BCUT2D eigenvalue weighted by Gasteiger charge is -2.11. The highest BCUT2D eigenvalue weighted by Gasteiger charge is 2.17. The molecule has 0 saturated carbocycles. The number of hydrogen-bond acceptors (Lipinski definition) is 5. The molecule has 1 fully saturated rings. The number of nitrogens with one attached hydrogen (secondary N) is 2. The van der Waals surface area contributed by atoms with Crippen LogP contribution >= 0.6 is 0 Å². The van der Waals surface area contributed by atoms with Crippen LogP contribution in [0.2, 0.25) is 0 Å². The van der Waals surface area contributed by atoms with Crippen molar-refractivity contribution in [1.29, 1.82) is 0 Å². The summed E-state index contributed by atoms with van der Waals surface area (Å²) in [6, 6.07) is 0.228. The molecule has 1 atom stereocenters. The van der Waals surface area contributed by atoms with E-state index >= 15 is 0 Å². The zero-order valence-electron chi connectivity index (χ0n) is 9.16.